The lowest BCUT2D eigenvalue weighted by atomic mass is 10.1. The van der Waals surface area contributed by atoms with Crippen LogP contribution in [0.1, 0.15) is 35.3 Å². The molecule has 0 radical (unpaired) electrons. The van der Waals surface area contributed by atoms with Crippen LogP contribution in [-0.4, -0.2) is 29.7 Å². The largest absolute Gasteiger partial charge is 0.483 e. The van der Waals surface area contributed by atoms with E-state index in [0.717, 1.165) is 11.1 Å². The highest BCUT2D eigenvalue weighted by Crippen LogP contribution is 2.20. The highest BCUT2D eigenvalue weighted by molar-refractivity contribution is 5.97. The number of nitrogens with zero attached hydrogens (tertiary/aromatic N) is 1. The number of rotatable bonds is 7. The normalized spacial score (nSPS) is 10.7. The molecule has 0 aliphatic rings. The minimum atomic E-state index is -0.659. The van der Waals surface area contributed by atoms with Gasteiger partial charge in [0, 0.05) is 23.8 Å². The van der Waals surface area contributed by atoms with Crippen molar-refractivity contribution in [3.8, 4) is 5.75 Å². The standard InChI is InChI=1S/C24H26N2O5/c1-5-26-13-19(24(29)30-6-2)23(28)18-12-17(9-10-20(18)26)25-22(27)14-31-21-11-15(3)7-8-16(21)4/h7-13H,5-6,14H2,1-4H3,(H,25,27). The van der Waals surface area contributed by atoms with Gasteiger partial charge in [0.05, 0.1) is 12.1 Å². The van der Waals surface area contributed by atoms with E-state index in [2.05, 4.69) is 5.32 Å². The van der Waals surface area contributed by atoms with Gasteiger partial charge in [0.2, 0.25) is 5.43 Å². The first kappa shape index (κ1) is 22.1. The van der Waals surface area contributed by atoms with Gasteiger partial charge in [-0.3, -0.25) is 9.59 Å². The molecule has 2 aromatic carbocycles. The molecule has 162 valence electrons. The molecule has 31 heavy (non-hydrogen) atoms. The molecule has 0 spiro atoms. The molecule has 0 fully saturated rings. The predicted molar refractivity (Wildman–Crippen MR) is 120 cm³/mol. The van der Waals surface area contributed by atoms with E-state index in [1.54, 1.807) is 29.7 Å². The molecule has 1 heterocycles. The second-order valence-electron chi connectivity index (χ2n) is 7.22. The summed E-state index contributed by atoms with van der Waals surface area (Å²) >= 11 is 0. The Hall–Kier alpha value is -3.61. The smallest absolute Gasteiger partial charge is 0.343 e. The van der Waals surface area contributed by atoms with Gasteiger partial charge in [-0.2, -0.15) is 0 Å². The third-order valence-electron chi connectivity index (χ3n) is 4.90. The van der Waals surface area contributed by atoms with Gasteiger partial charge in [0.1, 0.15) is 11.3 Å². The van der Waals surface area contributed by atoms with Crippen LogP contribution in [0.2, 0.25) is 0 Å². The highest BCUT2D eigenvalue weighted by Gasteiger charge is 2.17. The number of carbonyl (C=O) groups is 2. The number of fused-ring (bicyclic) bond motifs is 1. The minimum Gasteiger partial charge on any atom is -0.483 e. The Bertz CT molecular complexity index is 1200. The van der Waals surface area contributed by atoms with E-state index in [-0.39, 0.29) is 24.7 Å². The topological polar surface area (TPSA) is 86.6 Å². The van der Waals surface area contributed by atoms with Gasteiger partial charge in [-0.25, -0.2) is 4.79 Å². The zero-order chi connectivity index (χ0) is 22.5. The third kappa shape index (κ3) is 4.94. The van der Waals surface area contributed by atoms with E-state index in [0.29, 0.717) is 28.9 Å². The first-order chi connectivity index (χ1) is 14.8. The fourth-order valence-electron chi connectivity index (χ4n) is 3.29. The van der Waals surface area contributed by atoms with Crippen molar-refractivity contribution in [2.45, 2.75) is 34.2 Å². The van der Waals surface area contributed by atoms with E-state index in [4.69, 9.17) is 9.47 Å². The quantitative estimate of drug-likeness (QED) is 0.585. The molecule has 0 saturated carbocycles. The van der Waals surface area contributed by atoms with Crippen LogP contribution in [-0.2, 0) is 16.1 Å². The fraction of sp³-hybridized carbons (Fsp3) is 0.292. The Morgan fingerprint density at radius 2 is 1.84 bits per heavy atom. The summed E-state index contributed by atoms with van der Waals surface area (Å²) in [7, 11) is 0. The molecule has 7 nitrogen and oxygen atoms in total. The van der Waals surface area contributed by atoms with Crippen molar-refractivity contribution in [3.05, 3.63) is 69.5 Å². The highest BCUT2D eigenvalue weighted by atomic mass is 16.5. The summed E-state index contributed by atoms with van der Waals surface area (Å²) in [5.74, 6) is -0.357. The van der Waals surface area contributed by atoms with Crippen molar-refractivity contribution in [1.29, 1.82) is 0 Å². The van der Waals surface area contributed by atoms with E-state index in [9.17, 15) is 14.4 Å². The van der Waals surface area contributed by atoms with Crippen LogP contribution in [0.5, 0.6) is 5.75 Å². The Kier molecular flexibility index (Phi) is 6.74. The molecule has 0 aliphatic heterocycles. The summed E-state index contributed by atoms with van der Waals surface area (Å²) < 4.78 is 12.4. The van der Waals surface area contributed by atoms with Crippen LogP contribution in [0.15, 0.2) is 47.4 Å². The molecule has 3 aromatic rings. The van der Waals surface area contributed by atoms with Gasteiger partial charge in [-0.15, -0.1) is 0 Å². The predicted octanol–water partition coefficient (Wildman–Crippen LogP) is 3.83. The lowest BCUT2D eigenvalue weighted by molar-refractivity contribution is -0.118. The van der Waals surface area contributed by atoms with Crippen molar-refractivity contribution in [3.63, 3.8) is 0 Å². The number of benzene rings is 2. The summed E-state index contributed by atoms with van der Waals surface area (Å²) in [6.07, 6.45) is 1.51. The number of esters is 1. The molecule has 1 amide bonds. The van der Waals surface area contributed by atoms with E-state index < -0.39 is 11.4 Å². The molecule has 0 saturated heterocycles. The molecular weight excluding hydrogens is 396 g/mol. The van der Waals surface area contributed by atoms with Crippen LogP contribution in [0.25, 0.3) is 10.9 Å². The van der Waals surface area contributed by atoms with E-state index in [1.165, 1.54) is 6.20 Å². The van der Waals surface area contributed by atoms with Gasteiger partial charge in [-0.05, 0) is 63.1 Å². The summed E-state index contributed by atoms with van der Waals surface area (Å²) in [5, 5.41) is 3.08. The molecule has 3 rings (SSSR count). The summed E-state index contributed by atoms with van der Waals surface area (Å²) in [6.45, 7) is 8.05. The molecule has 0 aliphatic carbocycles. The monoisotopic (exact) mass is 422 g/mol. The Morgan fingerprint density at radius 1 is 1.06 bits per heavy atom. The number of nitrogens with one attached hydrogen (secondary N) is 1. The van der Waals surface area contributed by atoms with Gasteiger partial charge >= 0.3 is 5.97 Å². The van der Waals surface area contributed by atoms with Crippen molar-refractivity contribution in [1.82, 2.24) is 4.57 Å². The number of hydrogen-bond acceptors (Lipinski definition) is 5. The van der Waals surface area contributed by atoms with Crippen LogP contribution >= 0.6 is 0 Å². The first-order valence-corrected chi connectivity index (χ1v) is 10.2. The molecule has 0 atom stereocenters. The maximum absolute atomic E-state index is 12.9. The second-order valence-corrected chi connectivity index (χ2v) is 7.22. The van der Waals surface area contributed by atoms with Crippen molar-refractivity contribution < 1.29 is 19.1 Å². The van der Waals surface area contributed by atoms with Crippen LogP contribution < -0.4 is 15.5 Å². The number of ether oxygens (including phenoxy) is 2. The average Bonchev–Trinajstić information content (AvgIpc) is 2.75. The van der Waals surface area contributed by atoms with Crippen molar-refractivity contribution in [2.24, 2.45) is 0 Å². The van der Waals surface area contributed by atoms with E-state index >= 15 is 0 Å². The van der Waals surface area contributed by atoms with E-state index in [1.807, 2.05) is 39.0 Å². The van der Waals surface area contributed by atoms with Gasteiger partial charge < -0.3 is 19.4 Å². The van der Waals surface area contributed by atoms with Crippen LogP contribution in [0, 0.1) is 13.8 Å². The molecule has 7 heteroatoms. The number of carbonyl (C=O) groups excluding carboxylic acids is 2. The lowest BCUT2D eigenvalue weighted by Crippen LogP contribution is -2.22. The Labute approximate surface area is 180 Å². The zero-order valence-electron chi connectivity index (χ0n) is 18.2. The van der Waals surface area contributed by atoms with Crippen molar-refractivity contribution in [2.75, 3.05) is 18.5 Å². The SMILES string of the molecule is CCOC(=O)c1cn(CC)c2ccc(NC(=O)COc3cc(C)ccc3C)cc2c1=O. The molecule has 0 unspecified atom stereocenters. The molecule has 1 aromatic heterocycles. The third-order valence-corrected chi connectivity index (χ3v) is 4.90. The molecule has 1 N–H and O–H groups in total. The summed E-state index contributed by atoms with van der Waals surface area (Å²) in [5.41, 5.74) is 2.64. The lowest BCUT2D eigenvalue weighted by Gasteiger charge is -2.13. The van der Waals surface area contributed by atoms with Gasteiger partial charge in [0.25, 0.3) is 5.91 Å². The number of aryl methyl sites for hydroxylation is 3. The van der Waals surface area contributed by atoms with Gasteiger partial charge in [-0.1, -0.05) is 12.1 Å². The zero-order valence-corrected chi connectivity index (χ0v) is 18.2. The maximum atomic E-state index is 12.9. The maximum Gasteiger partial charge on any atom is 0.343 e. The minimum absolute atomic E-state index is 0.0297. The van der Waals surface area contributed by atoms with Gasteiger partial charge in [0.15, 0.2) is 6.61 Å². The number of anilines is 1. The Balaban J connectivity index is 1.85. The molecular formula is C24H26N2O5. The number of hydrogen-bond donors (Lipinski definition) is 1. The Morgan fingerprint density at radius 3 is 2.55 bits per heavy atom. The number of amides is 1. The van der Waals surface area contributed by atoms with Crippen LogP contribution in [0.3, 0.4) is 0 Å². The van der Waals surface area contributed by atoms with Crippen LogP contribution in [0.4, 0.5) is 5.69 Å². The fourth-order valence-corrected chi connectivity index (χ4v) is 3.29. The average molecular weight is 422 g/mol. The number of pyridine rings is 1. The summed E-state index contributed by atoms with van der Waals surface area (Å²) in [4.78, 5) is 37.5. The van der Waals surface area contributed by atoms with Crippen molar-refractivity contribution >= 4 is 28.5 Å². The first-order valence-electron chi connectivity index (χ1n) is 10.2. The summed E-state index contributed by atoms with van der Waals surface area (Å²) in [6, 6.07) is 10.8. The number of aromatic nitrogens is 1. The second kappa shape index (κ2) is 9.47. The molecule has 0 bridgehead atoms.